The van der Waals surface area contributed by atoms with Gasteiger partial charge >= 0.3 is 0 Å². The van der Waals surface area contributed by atoms with Crippen molar-refractivity contribution in [1.82, 2.24) is 4.90 Å². The van der Waals surface area contributed by atoms with Gasteiger partial charge in [-0.25, -0.2) is 0 Å². The van der Waals surface area contributed by atoms with Crippen LogP contribution in [0.5, 0.6) is 0 Å². The molecule has 2 heterocycles. The van der Waals surface area contributed by atoms with E-state index in [2.05, 4.69) is 47.1 Å². The van der Waals surface area contributed by atoms with E-state index in [1.807, 2.05) is 18.7 Å². The summed E-state index contributed by atoms with van der Waals surface area (Å²) in [5.41, 5.74) is -0.489. The molecular formula is C17H33NO3S. The van der Waals surface area contributed by atoms with Crippen molar-refractivity contribution in [1.29, 1.82) is 0 Å². The molecule has 0 aliphatic carbocycles. The third-order valence-electron chi connectivity index (χ3n) is 5.42. The van der Waals surface area contributed by atoms with E-state index in [9.17, 15) is 4.79 Å². The third kappa shape index (κ3) is 2.80. The van der Waals surface area contributed by atoms with Gasteiger partial charge in [0.05, 0.1) is 24.7 Å². The second-order valence-electron chi connectivity index (χ2n) is 8.61. The number of β-lactam (4-membered cyclic amide) rings is 1. The van der Waals surface area contributed by atoms with Crippen LogP contribution in [0.1, 0.15) is 48.5 Å². The van der Waals surface area contributed by atoms with Gasteiger partial charge in [0.2, 0.25) is 5.91 Å². The minimum absolute atomic E-state index is 0.0349. The Labute approximate surface area is 137 Å². The van der Waals surface area contributed by atoms with Crippen LogP contribution >= 0.6 is 10.3 Å². The van der Waals surface area contributed by atoms with E-state index in [4.69, 9.17) is 8.92 Å². The number of carbonyl (C=O) groups excluding carboxylic acids is 1. The predicted molar refractivity (Wildman–Crippen MR) is 93.1 cm³/mol. The quantitative estimate of drug-likeness (QED) is 0.744. The van der Waals surface area contributed by atoms with E-state index >= 15 is 0 Å². The van der Waals surface area contributed by atoms with Gasteiger partial charge in [0.25, 0.3) is 0 Å². The van der Waals surface area contributed by atoms with E-state index in [1.54, 1.807) is 0 Å². The molecule has 130 valence electrons. The molecule has 0 spiro atoms. The fraction of sp³-hybridized carbons (Fsp3) is 0.941. The maximum Gasteiger partial charge on any atom is 0.232 e. The Morgan fingerprint density at radius 2 is 1.91 bits per heavy atom. The van der Waals surface area contributed by atoms with Crippen LogP contribution in [0.25, 0.3) is 0 Å². The SMILES string of the molecule is CC1COC(C)(C)N2C(=O)C(C(C)OS(C)(C)C(C)(C)C)C12. The molecule has 0 aromatic rings. The van der Waals surface area contributed by atoms with Crippen molar-refractivity contribution >= 4 is 16.2 Å². The first kappa shape index (κ1) is 18.1. The first-order chi connectivity index (χ1) is 9.79. The summed E-state index contributed by atoms with van der Waals surface area (Å²) in [5, 5.41) is 0. The summed E-state index contributed by atoms with van der Waals surface area (Å²) in [6, 6.07) is 0.237. The van der Waals surface area contributed by atoms with Gasteiger partial charge < -0.3 is 13.8 Å². The van der Waals surface area contributed by atoms with Crippen molar-refractivity contribution in [2.24, 2.45) is 11.8 Å². The number of nitrogens with zero attached hydrogens (tertiary/aromatic N) is 1. The molecule has 4 unspecified atom stereocenters. The Morgan fingerprint density at radius 1 is 1.36 bits per heavy atom. The summed E-state index contributed by atoms with van der Waals surface area (Å²) >= 11 is 0. The fourth-order valence-corrected chi connectivity index (χ4v) is 4.50. The maximum atomic E-state index is 12.7. The van der Waals surface area contributed by atoms with E-state index in [1.165, 1.54) is 0 Å². The number of hydrogen-bond acceptors (Lipinski definition) is 3. The van der Waals surface area contributed by atoms with Crippen LogP contribution in [0.15, 0.2) is 0 Å². The lowest BCUT2D eigenvalue weighted by molar-refractivity contribution is -0.253. The summed E-state index contributed by atoms with van der Waals surface area (Å²) in [7, 11) is -1.23. The Bertz CT molecular complexity index is 455. The zero-order valence-corrected chi connectivity index (χ0v) is 16.4. The number of fused-ring (bicyclic) bond motifs is 1. The molecule has 5 heteroatoms. The molecule has 0 radical (unpaired) electrons. The van der Waals surface area contributed by atoms with Gasteiger partial charge in [0.1, 0.15) is 5.72 Å². The summed E-state index contributed by atoms with van der Waals surface area (Å²) in [6.07, 6.45) is 4.35. The van der Waals surface area contributed by atoms with Crippen LogP contribution in [0.4, 0.5) is 0 Å². The number of hydrogen-bond donors (Lipinski definition) is 0. The van der Waals surface area contributed by atoms with Gasteiger partial charge in [-0.05, 0) is 33.3 Å². The van der Waals surface area contributed by atoms with Crippen LogP contribution in [-0.4, -0.2) is 52.5 Å². The first-order valence-corrected chi connectivity index (χ1v) is 10.6. The van der Waals surface area contributed by atoms with Gasteiger partial charge in [-0.15, -0.1) is 10.3 Å². The predicted octanol–water partition coefficient (Wildman–Crippen LogP) is 3.40. The van der Waals surface area contributed by atoms with Crippen molar-refractivity contribution < 1.29 is 13.7 Å². The minimum atomic E-state index is -1.23. The summed E-state index contributed by atoms with van der Waals surface area (Å²) in [5.74, 6) is 0.500. The smallest absolute Gasteiger partial charge is 0.232 e. The normalized spacial score (nSPS) is 34.0. The van der Waals surface area contributed by atoms with Crippen molar-refractivity contribution in [3.05, 3.63) is 0 Å². The van der Waals surface area contributed by atoms with E-state index in [0.29, 0.717) is 12.5 Å². The van der Waals surface area contributed by atoms with Gasteiger partial charge in [-0.3, -0.25) is 4.79 Å². The van der Waals surface area contributed by atoms with Crippen molar-refractivity contribution in [3.8, 4) is 0 Å². The molecule has 2 aliphatic rings. The standard InChI is InChI=1S/C17H33NO3S/c1-11-10-20-17(6,7)18-14(11)13(15(18)19)12(2)21-22(8,9)16(3,4)5/h11-14H,10H2,1-9H3. The lowest BCUT2D eigenvalue weighted by atomic mass is 9.74. The van der Waals surface area contributed by atoms with Gasteiger partial charge in [0.15, 0.2) is 0 Å². The number of ether oxygens (including phenoxy) is 1. The van der Waals surface area contributed by atoms with Crippen LogP contribution in [0.3, 0.4) is 0 Å². The van der Waals surface area contributed by atoms with E-state index in [-0.39, 0.29) is 28.7 Å². The number of amides is 1. The molecule has 0 aromatic heterocycles. The summed E-state index contributed by atoms with van der Waals surface area (Å²) < 4.78 is 12.4. The highest BCUT2D eigenvalue weighted by atomic mass is 32.3. The van der Waals surface area contributed by atoms with Crippen LogP contribution in [0.2, 0.25) is 0 Å². The Morgan fingerprint density at radius 3 is 2.41 bits per heavy atom. The lowest BCUT2D eigenvalue weighted by Crippen LogP contribution is -2.75. The molecule has 0 aromatic carbocycles. The highest BCUT2D eigenvalue weighted by Crippen LogP contribution is 2.56. The third-order valence-corrected chi connectivity index (χ3v) is 9.16. The zero-order chi connectivity index (χ0) is 17.1. The topological polar surface area (TPSA) is 38.8 Å². The molecule has 22 heavy (non-hydrogen) atoms. The highest BCUT2D eigenvalue weighted by Gasteiger charge is 2.60. The van der Waals surface area contributed by atoms with Crippen molar-refractivity contribution in [2.75, 3.05) is 19.1 Å². The Balaban J connectivity index is 2.15. The average molecular weight is 332 g/mol. The molecule has 0 bridgehead atoms. The number of carbonyl (C=O) groups is 1. The van der Waals surface area contributed by atoms with Gasteiger partial charge in [-0.2, -0.15) is 0 Å². The Kier molecular flexibility index (Phi) is 4.43. The van der Waals surface area contributed by atoms with Gasteiger partial charge in [0, 0.05) is 10.7 Å². The maximum absolute atomic E-state index is 12.7. The second-order valence-corrected chi connectivity index (χ2v) is 12.5. The summed E-state index contributed by atoms with van der Waals surface area (Å²) in [4.78, 5) is 14.6. The molecule has 2 fully saturated rings. The molecule has 2 rings (SSSR count). The monoisotopic (exact) mass is 331 g/mol. The lowest BCUT2D eigenvalue weighted by Gasteiger charge is -2.61. The molecule has 2 aliphatic heterocycles. The molecule has 1 amide bonds. The van der Waals surface area contributed by atoms with Crippen LogP contribution in [0, 0.1) is 11.8 Å². The molecule has 0 N–H and O–H groups in total. The van der Waals surface area contributed by atoms with Crippen molar-refractivity contribution in [2.45, 2.75) is 71.1 Å². The molecule has 4 atom stereocenters. The van der Waals surface area contributed by atoms with E-state index in [0.717, 1.165) is 0 Å². The Hall–Kier alpha value is -0.260. The van der Waals surface area contributed by atoms with Crippen molar-refractivity contribution in [3.63, 3.8) is 0 Å². The first-order valence-electron chi connectivity index (χ1n) is 8.18. The highest BCUT2D eigenvalue weighted by molar-refractivity contribution is 8.29. The molecule has 0 saturated carbocycles. The van der Waals surface area contributed by atoms with E-state index < -0.39 is 16.0 Å². The summed E-state index contributed by atoms with van der Waals surface area (Å²) in [6.45, 7) is 15.5. The second kappa shape index (κ2) is 5.38. The minimum Gasteiger partial charge on any atom is -0.356 e. The van der Waals surface area contributed by atoms with Crippen LogP contribution in [-0.2, 0) is 13.7 Å². The fourth-order valence-electron chi connectivity index (χ4n) is 3.33. The van der Waals surface area contributed by atoms with Crippen LogP contribution < -0.4 is 0 Å². The number of rotatable bonds is 3. The molecular weight excluding hydrogens is 298 g/mol. The van der Waals surface area contributed by atoms with Gasteiger partial charge in [-0.1, -0.05) is 27.7 Å². The zero-order valence-electron chi connectivity index (χ0n) is 15.6. The average Bonchev–Trinajstić information content (AvgIpc) is 2.29. The molecule has 4 nitrogen and oxygen atoms in total. The molecule has 2 saturated heterocycles. The largest absolute Gasteiger partial charge is 0.356 e.